The fourth-order valence-corrected chi connectivity index (χ4v) is 4.72. The van der Waals surface area contributed by atoms with Gasteiger partial charge in [-0.2, -0.15) is 5.10 Å². The van der Waals surface area contributed by atoms with Crippen molar-refractivity contribution in [2.45, 2.75) is 32.9 Å². The van der Waals surface area contributed by atoms with Crippen molar-refractivity contribution < 1.29 is 14.4 Å². The molecule has 2 saturated heterocycles. The van der Waals surface area contributed by atoms with Crippen molar-refractivity contribution in [3.8, 4) is 0 Å². The number of anilines is 1. The van der Waals surface area contributed by atoms with E-state index in [9.17, 15) is 14.4 Å². The molecule has 0 radical (unpaired) electrons. The zero-order valence-electron chi connectivity index (χ0n) is 15.6. The van der Waals surface area contributed by atoms with Crippen molar-refractivity contribution >= 4 is 52.7 Å². The summed E-state index contributed by atoms with van der Waals surface area (Å²) in [6.45, 7) is 5.41. The van der Waals surface area contributed by atoms with Gasteiger partial charge >= 0.3 is 0 Å². The minimum atomic E-state index is -0.804. The van der Waals surface area contributed by atoms with E-state index in [1.54, 1.807) is 38.1 Å². The van der Waals surface area contributed by atoms with E-state index in [4.69, 9.17) is 23.2 Å². The number of fused-ring (bicyclic) bond motifs is 3. The van der Waals surface area contributed by atoms with Gasteiger partial charge in [-0.1, -0.05) is 50.0 Å². The van der Waals surface area contributed by atoms with Crippen LogP contribution in [0, 0.1) is 17.3 Å². The Balaban J connectivity index is 1.81. The van der Waals surface area contributed by atoms with E-state index >= 15 is 0 Å². The number of allylic oxidation sites excluding steroid dienone is 1. The lowest BCUT2D eigenvalue weighted by Gasteiger charge is -2.33. The molecule has 3 heterocycles. The van der Waals surface area contributed by atoms with Gasteiger partial charge in [0.15, 0.2) is 5.78 Å². The van der Waals surface area contributed by atoms with E-state index in [0.717, 1.165) is 4.90 Å². The first kappa shape index (κ1) is 19.2. The molecule has 3 aliphatic heterocycles. The molecule has 146 valence electrons. The molecule has 0 spiro atoms. The van der Waals surface area contributed by atoms with Gasteiger partial charge < -0.3 is 0 Å². The number of nitrogens with zero attached hydrogens (tertiary/aromatic N) is 3. The van der Waals surface area contributed by atoms with Crippen molar-refractivity contribution in [1.29, 1.82) is 0 Å². The summed E-state index contributed by atoms with van der Waals surface area (Å²) in [4.78, 5) is 41.0. The van der Waals surface area contributed by atoms with Crippen molar-refractivity contribution in [2.24, 2.45) is 22.4 Å². The van der Waals surface area contributed by atoms with Crippen LogP contribution in [0.25, 0.3) is 0 Å². The van der Waals surface area contributed by atoms with Crippen molar-refractivity contribution in [2.75, 3.05) is 4.90 Å². The van der Waals surface area contributed by atoms with E-state index in [1.807, 2.05) is 6.08 Å². The van der Waals surface area contributed by atoms with E-state index < -0.39 is 35.2 Å². The molecule has 0 aromatic heterocycles. The van der Waals surface area contributed by atoms with Crippen LogP contribution in [-0.4, -0.2) is 40.9 Å². The van der Waals surface area contributed by atoms with E-state index in [0.29, 0.717) is 15.7 Å². The monoisotopic (exact) mass is 419 g/mol. The Bertz CT molecular complexity index is 930. The van der Waals surface area contributed by atoms with Gasteiger partial charge in [-0.3, -0.25) is 19.4 Å². The van der Waals surface area contributed by atoms with Crippen LogP contribution in [0.3, 0.4) is 0 Å². The fraction of sp³-hybridized carbons (Fsp3) is 0.400. The average molecular weight is 420 g/mol. The topological polar surface area (TPSA) is 70.0 Å². The molecule has 8 heteroatoms. The maximum Gasteiger partial charge on any atom is 0.240 e. The van der Waals surface area contributed by atoms with Crippen LogP contribution in [-0.2, 0) is 14.4 Å². The highest BCUT2D eigenvalue weighted by Gasteiger charge is 2.64. The minimum absolute atomic E-state index is 0.121. The molecule has 28 heavy (non-hydrogen) atoms. The smallest absolute Gasteiger partial charge is 0.240 e. The molecule has 4 atom stereocenters. The molecular weight excluding hydrogens is 401 g/mol. The molecule has 0 unspecified atom stereocenters. The number of carbonyl (C=O) groups excluding carboxylic acids is 3. The number of Topliss-reactive ketones (excluding diaryl/α,β-unsaturated/α-hetero) is 1. The summed E-state index contributed by atoms with van der Waals surface area (Å²) in [5.74, 6) is -2.40. The highest BCUT2D eigenvalue weighted by atomic mass is 35.5. The second-order valence-corrected chi connectivity index (χ2v) is 9.14. The van der Waals surface area contributed by atoms with E-state index in [1.165, 1.54) is 18.2 Å². The third kappa shape index (κ3) is 2.78. The van der Waals surface area contributed by atoms with E-state index in [2.05, 4.69) is 5.10 Å². The minimum Gasteiger partial charge on any atom is -0.297 e. The predicted molar refractivity (Wildman–Crippen MR) is 107 cm³/mol. The third-order valence-electron chi connectivity index (χ3n) is 5.40. The predicted octanol–water partition coefficient (Wildman–Crippen LogP) is 3.32. The first-order valence-corrected chi connectivity index (χ1v) is 9.74. The molecule has 6 nitrogen and oxygen atoms in total. The normalized spacial score (nSPS) is 28.8. The lowest BCUT2D eigenvalue weighted by Crippen LogP contribution is -2.49. The summed E-state index contributed by atoms with van der Waals surface area (Å²) < 4.78 is 0. The molecule has 3 aliphatic rings. The molecule has 1 aromatic carbocycles. The van der Waals surface area contributed by atoms with Crippen LogP contribution in [0.5, 0.6) is 0 Å². The summed E-state index contributed by atoms with van der Waals surface area (Å²) in [7, 11) is 0. The van der Waals surface area contributed by atoms with Crippen molar-refractivity contribution in [3.63, 3.8) is 0 Å². The number of benzene rings is 1. The summed E-state index contributed by atoms with van der Waals surface area (Å²) in [5.41, 5.74) is -0.365. The number of halogens is 2. The van der Waals surface area contributed by atoms with Gasteiger partial charge in [0, 0.05) is 21.7 Å². The largest absolute Gasteiger partial charge is 0.297 e. The van der Waals surface area contributed by atoms with Crippen LogP contribution in [0.1, 0.15) is 20.8 Å². The first-order valence-electron chi connectivity index (χ1n) is 8.98. The maximum atomic E-state index is 13.4. The molecular formula is C20H19Cl2N3O3. The lowest BCUT2D eigenvalue weighted by molar-refractivity contribution is -0.136. The molecule has 0 N–H and O–H groups in total. The summed E-state index contributed by atoms with van der Waals surface area (Å²) in [5, 5.41) is 6.58. The van der Waals surface area contributed by atoms with Crippen LogP contribution < -0.4 is 4.90 Å². The Hall–Kier alpha value is -2.18. The van der Waals surface area contributed by atoms with Crippen LogP contribution in [0.2, 0.25) is 10.0 Å². The highest BCUT2D eigenvalue weighted by molar-refractivity contribution is 6.35. The molecule has 4 rings (SSSR count). The van der Waals surface area contributed by atoms with Gasteiger partial charge in [-0.05, 0) is 24.3 Å². The molecule has 0 aliphatic carbocycles. The van der Waals surface area contributed by atoms with Crippen LogP contribution >= 0.6 is 23.2 Å². The number of carbonyl (C=O) groups is 3. The van der Waals surface area contributed by atoms with Gasteiger partial charge in [0.2, 0.25) is 11.8 Å². The Morgan fingerprint density at radius 3 is 2.25 bits per heavy atom. The SMILES string of the molecule is CC(C)(C)C(=O)[C@@H]1[C@@H]2C(=O)N(c3cc(Cl)cc(Cl)c3)C(=O)[C@@H]2[C@H]2C=CC=NN21. The molecule has 1 aromatic rings. The quantitative estimate of drug-likeness (QED) is 0.689. The summed E-state index contributed by atoms with van der Waals surface area (Å²) in [6, 6.07) is 3.34. The van der Waals surface area contributed by atoms with Crippen LogP contribution in [0.4, 0.5) is 5.69 Å². The zero-order chi connectivity index (χ0) is 20.4. The Labute approximate surface area is 172 Å². The average Bonchev–Trinajstić information content (AvgIpc) is 3.06. The molecule has 0 bridgehead atoms. The van der Waals surface area contributed by atoms with E-state index in [-0.39, 0.29) is 11.7 Å². The standard InChI is InChI=1S/C20H19Cl2N3O3/c1-20(2,3)17(26)16-15-14(13-5-4-6-23-25(13)16)18(27)24(19(15)28)12-8-10(21)7-11(22)9-12/h4-9,13-16H,1-3H3/t13-,14-,15-,16+/m1/s1. The lowest BCUT2D eigenvalue weighted by atomic mass is 9.80. The van der Waals surface area contributed by atoms with Gasteiger partial charge in [0.25, 0.3) is 0 Å². The number of amides is 2. The second kappa shape index (κ2) is 6.42. The van der Waals surface area contributed by atoms with Gasteiger partial charge in [-0.25, -0.2) is 4.90 Å². The van der Waals surface area contributed by atoms with Crippen molar-refractivity contribution in [1.82, 2.24) is 5.01 Å². The first-order chi connectivity index (χ1) is 13.1. The molecule has 0 saturated carbocycles. The Morgan fingerprint density at radius 2 is 1.64 bits per heavy atom. The zero-order valence-corrected chi connectivity index (χ0v) is 17.1. The molecule has 2 amide bonds. The summed E-state index contributed by atoms with van der Waals surface area (Å²) in [6.07, 6.45) is 5.13. The van der Waals surface area contributed by atoms with Gasteiger partial charge in [0.05, 0.1) is 23.6 Å². The third-order valence-corrected chi connectivity index (χ3v) is 5.84. The second-order valence-electron chi connectivity index (χ2n) is 8.27. The van der Waals surface area contributed by atoms with Gasteiger partial charge in [-0.15, -0.1) is 0 Å². The highest BCUT2D eigenvalue weighted by Crippen LogP contribution is 2.47. The number of hydrazone groups is 1. The number of hydrogen-bond donors (Lipinski definition) is 0. The van der Waals surface area contributed by atoms with Crippen LogP contribution in [0.15, 0.2) is 35.5 Å². The Morgan fingerprint density at radius 1 is 1.04 bits per heavy atom. The number of imide groups is 1. The van der Waals surface area contributed by atoms with Crippen molar-refractivity contribution in [3.05, 3.63) is 40.4 Å². The number of hydrogen-bond acceptors (Lipinski definition) is 5. The molecule has 2 fully saturated rings. The maximum absolute atomic E-state index is 13.4. The van der Waals surface area contributed by atoms with Gasteiger partial charge in [0.1, 0.15) is 6.04 Å². The fourth-order valence-electron chi connectivity index (χ4n) is 4.20. The number of rotatable bonds is 2. The summed E-state index contributed by atoms with van der Waals surface area (Å²) >= 11 is 12.1. The Kier molecular flexibility index (Phi) is 4.39. The number of ketones is 1.